The normalized spacial score (nSPS) is 12.7. The van der Waals surface area contributed by atoms with E-state index in [1.54, 1.807) is 0 Å². The van der Waals surface area contributed by atoms with E-state index in [-0.39, 0.29) is 0 Å². The van der Waals surface area contributed by atoms with Crippen molar-refractivity contribution in [1.82, 2.24) is 4.98 Å². The van der Waals surface area contributed by atoms with Crippen LogP contribution in [0.15, 0.2) is 60.8 Å². The summed E-state index contributed by atoms with van der Waals surface area (Å²) in [6.07, 6.45) is 3.13. The van der Waals surface area contributed by atoms with Crippen molar-refractivity contribution in [3.63, 3.8) is 0 Å². The molecule has 0 aliphatic heterocycles. The van der Waals surface area contributed by atoms with Gasteiger partial charge in [0.2, 0.25) is 0 Å². The van der Waals surface area contributed by atoms with Gasteiger partial charge in [-0.15, -0.1) is 0 Å². The summed E-state index contributed by atoms with van der Waals surface area (Å²) in [5, 5.41) is 1.29. The number of hydrogen-bond acceptors (Lipinski definition) is 0. The van der Waals surface area contributed by atoms with Gasteiger partial charge in [-0.3, -0.25) is 0 Å². The molecule has 3 aromatic rings. The van der Waals surface area contributed by atoms with Gasteiger partial charge < -0.3 is 4.98 Å². The van der Waals surface area contributed by atoms with Gasteiger partial charge in [0.1, 0.15) is 0 Å². The van der Waals surface area contributed by atoms with Crippen LogP contribution < -0.4 is 0 Å². The van der Waals surface area contributed by atoms with Gasteiger partial charge in [0.25, 0.3) is 0 Å². The first kappa shape index (κ1) is 11.1. The highest BCUT2D eigenvalue weighted by Crippen LogP contribution is 2.32. The minimum atomic E-state index is 0.466. The highest BCUT2D eigenvalue weighted by molar-refractivity contribution is 5.83. The molecule has 1 heterocycles. The third-order valence-corrected chi connectivity index (χ3v) is 3.61. The predicted molar refractivity (Wildman–Crippen MR) is 76.9 cm³/mol. The number of para-hydroxylation sites is 1. The molecule has 1 aromatic heterocycles. The monoisotopic (exact) mass is 235 g/mol. The molecule has 0 fully saturated rings. The second-order valence-electron chi connectivity index (χ2n) is 4.66. The van der Waals surface area contributed by atoms with Crippen molar-refractivity contribution in [2.75, 3.05) is 0 Å². The molecule has 0 saturated heterocycles. The lowest BCUT2D eigenvalue weighted by molar-refractivity contribution is 0.782. The van der Waals surface area contributed by atoms with Gasteiger partial charge in [-0.2, -0.15) is 0 Å². The number of aromatic nitrogens is 1. The molecule has 0 aliphatic carbocycles. The molecule has 0 radical (unpaired) electrons. The quantitative estimate of drug-likeness (QED) is 0.676. The maximum absolute atomic E-state index is 3.37. The van der Waals surface area contributed by atoms with E-state index in [2.05, 4.69) is 66.5 Å². The zero-order chi connectivity index (χ0) is 12.4. The fourth-order valence-corrected chi connectivity index (χ4v) is 2.72. The molecule has 0 saturated carbocycles. The van der Waals surface area contributed by atoms with Crippen molar-refractivity contribution in [3.8, 4) is 0 Å². The zero-order valence-corrected chi connectivity index (χ0v) is 10.6. The summed E-state index contributed by atoms with van der Waals surface area (Å²) in [7, 11) is 0. The van der Waals surface area contributed by atoms with E-state index in [0.717, 1.165) is 6.42 Å². The van der Waals surface area contributed by atoms with Crippen LogP contribution in [-0.4, -0.2) is 4.98 Å². The lowest BCUT2D eigenvalue weighted by atomic mass is 9.88. The third kappa shape index (κ3) is 1.82. The van der Waals surface area contributed by atoms with Crippen LogP contribution in [0.5, 0.6) is 0 Å². The van der Waals surface area contributed by atoms with Crippen molar-refractivity contribution in [1.29, 1.82) is 0 Å². The number of rotatable bonds is 3. The van der Waals surface area contributed by atoms with Crippen LogP contribution >= 0.6 is 0 Å². The molecule has 0 aliphatic rings. The Morgan fingerprint density at radius 1 is 0.944 bits per heavy atom. The third-order valence-electron chi connectivity index (χ3n) is 3.61. The summed E-state index contributed by atoms with van der Waals surface area (Å²) in [6.45, 7) is 2.25. The molecular formula is C17H17N. The van der Waals surface area contributed by atoms with Gasteiger partial charge in [-0.05, 0) is 29.0 Å². The largest absolute Gasteiger partial charge is 0.361 e. The first-order valence-electron chi connectivity index (χ1n) is 6.51. The number of nitrogens with one attached hydrogen (secondary N) is 1. The van der Waals surface area contributed by atoms with Crippen LogP contribution in [-0.2, 0) is 0 Å². The average Bonchev–Trinajstić information content (AvgIpc) is 2.90. The molecule has 1 atom stereocenters. The SMILES string of the molecule is CCC(c1ccccc1)c1cccc2cc[nH]c12. The Hall–Kier alpha value is -2.02. The minimum Gasteiger partial charge on any atom is -0.361 e. The summed E-state index contributed by atoms with van der Waals surface area (Å²) in [4.78, 5) is 3.37. The molecule has 1 heteroatoms. The van der Waals surface area contributed by atoms with Crippen molar-refractivity contribution < 1.29 is 0 Å². The Labute approximate surface area is 107 Å². The standard InChI is InChI=1S/C17H17N/c1-2-15(13-7-4-3-5-8-13)16-10-6-9-14-11-12-18-17(14)16/h3-12,15,18H,2H2,1H3. The second kappa shape index (κ2) is 4.69. The highest BCUT2D eigenvalue weighted by Gasteiger charge is 2.14. The van der Waals surface area contributed by atoms with E-state index in [9.17, 15) is 0 Å². The van der Waals surface area contributed by atoms with Gasteiger partial charge in [0.15, 0.2) is 0 Å². The Morgan fingerprint density at radius 3 is 2.56 bits per heavy atom. The van der Waals surface area contributed by atoms with E-state index in [1.165, 1.54) is 22.0 Å². The van der Waals surface area contributed by atoms with E-state index >= 15 is 0 Å². The summed E-state index contributed by atoms with van der Waals surface area (Å²) in [5.74, 6) is 0.466. The van der Waals surface area contributed by atoms with E-state index < -0.39 is 0 Å². The van der Waals surface area contributed by atoms with Crippen molar-refractivity contribution >= 4 is 10.9 Å². The van der Waals surface area contributed by atoms with Crippen LogP contribution in [0.3, 0.4) is 0 Å². The fourth-order valence-electron chi connectivity index (χ4n) is 2.72. The smallest absolute Gasteiger partial charge is 0.0492 e. The van der Waals surface area contributed by atoms with Crippen LogP contribution in [0.25, 0.3) is 10.9 Å². The van der Waals surface area contributed by atoms with Gasteiger partial charge in [-0.25, -0.2) is 0 Å². The molecule has 1 unspecified atom stereocenters. The maximum Gasteiger partial charge on any atom is 0.0492 e. The molecule has 0 bridgehead atoms. The minimum absolute atomic E-state index is 0.466. The first-order chi connectivity index (χ1) is 8.90. The predicted octanol–water partition coefficient (Wildman–Crippen LogP) is 4.71. The van der Waals surface area contributed by atoms with Gasteiger partial charge in [-0.1, -0.05) is 55.5 Å². The van der Waals surface area contributed by atoms with Crippen molar-refractivity contribution in [2.24, 2.45) is 0 Å². The number of H-pyrrole nitrogens is 1. The molecule has 18 heavy (non-hydrogen) atoms. The number of benzene rings is 2. The topological polar surface area (TPSA) is 15.8 Å². The van der Waals surface area contributed by atoms with Crippen LogP contribution in [0, 0.1) is 0 Å². The van der Waals surface area contributed by atoms with Gasteiger partial charge in [0, 0.05) is 17.6 Å². The zero-order valence-electron chi connectivity index (χ0n) is 10.6. The summed E-state index contributed by atoms with van der Waals surface area (Å²) >= 11 is 0. The lowest BCUT2D eigenvalue weighted by Gasteiger charge is -2.17. The summed E-state index contributed by atoms with van der Waals surface area (Å²) < 4.78 is 0. The average molecular weight is 235 g/mol. The van der Waals surface area contributed by atoms with E-state index in [4.69, 9.17) is 0 Å². The van der Waals surface area contributed by atoms with Crippen LogP contribution in [0.4, 0.5) is 0 Å². The van der Waals surface area contributed by atoms with Crippen molar-refractivity contribution in [2.45, 2.75) is 19.3 Å². The van der Waals surface area contributed by atoms with Crippen molar-refractivity contribution in [3.05, 3.63) is 71.9 Å². The Balaban J connectivity index is 2.15. The molecule has 0 spiro atoms. The lowest BCUT2D eigenvalue weighted by Crippen LogP contribution is -2.00. The molecule has 1 N–H and O–H groups in total. The Kier molecular flexibility index (Phi) is 2.89. The molecule has 0 amide bonds. The molecule has 1 nitrogen and oxygen atoms in total. The van der Waals surface area contributed by atoms with E-state index in [0.29, 0.717) is 5.92 Å². The Bertz CT molecular complexity index is 637. The summed E-state index contributed by atoms with van der Waals surface area (Å²) in [6, 6.07) is 19.4. The van der Waals surface area contributed by atoms with Crippen LogP contribution in [0.2, 0.25) is 0 Å². The molecular weight excluding hydrogens is 218 g/mol. The highest BCUT2D eigenvalue weighted by atomic mass is 14.7. The molecule has 90 valence electrons. The fraction of sp³-hybridized carbons (Fsp3) is 0.176. The van der Waals surface area contributed by atoms with Crippen LogP contribution in [0.1, 0.15) is 30.4 Å². The molecule has 2 aromatic carbocycles. The van der Waals surface area contributed by atoms with Gasteiger partial charge >= 0.3 is 0 Å². The number of fused-ring (bicyclic) bond motifs is 1. The number of hydrogen-bond donors (Lipinski definition) is 1. The second-order valence-corrected chi connectivity index (χ2v) is 4.66. The number of aromatic amines is 1. The first-order valence-corrected chi connectivity index (χ1v) is 6.51. The van der Waals surface area contributed by atoms with Gasteiger partial charge in [0.05, 0.1) is 0 Å². The maximum atomic E-state index is 3.37. The Morgan fingerprint density at radius 2 is 1.78 bits per heavy atom. The summed E-state index contributed by atoms with van der Waals surface area (Å²) in [5.41, 5.74) is 4.06. The van der Waals surface area contributed by atoms with E-state index in [1.807, 2.05) is 6.20 Å². The molecule has 3 rings (SSSR count).